The van der Waals surface area contributed by atoms with Crippen molar-refractivity contribution in [2.75, 3.05) is 13.6 Å². The quantitative estimate of drug-likeness (QED) is 0.837. The van der Waals surface area contributed by atoms with Gasteiger partial charge >= 0.3 is 0 Å². The fourth-order valence-electron chi connectivity index (χ4n) is 2.10. The number of rotatable bonds is 7. The maximum Gasteiger partial charge on any atom is 0.253 e. The van der Waals surface area contributed by atoms with Crippen molar-refractivity contribution in [1.29, 1.82) is 0 Å². The van der Waals surface area contributed by atoms with Gasteiger partial charge in [-0.2, -0.15) is 0 Å². The van der Waals surface area contributed by atoms with E-state index in [0.29, 0.717) is 12.5 Å². The lowest BCUT2D eigenvalue weighted by molar-refractivity contribution is 0.0789. The molecule has 0 aliphatic heterocycles. The van der Waals surface area contributed by atoms with Gasteiger partial charge in [-0.15, -0.1) is 12.4 Å². The van der Waals surface area contributed by atoms with E-state index in [1.54, 1.807) is 4.90 Å². The van der Waals surface area contributed by atoms with Crippen LogP contribution in [0.4, 0.5) is 0 Å². The Morgan fingerprint density at radius 1 is 1.24 bits per heavy atom. The summed E-state index contributed by atoms with van der Waals surface area (Å²) in [5.74, 6) is 0.524. The second-order valence-corrected chi connectivity index (χ2v) is 5.87. The molecule has 120 valence electrons. The van der Waals surface area contributed by atoms with E-state index in [1.165, 1.54) is 5.56 Å². The molecule has 0 radical (unpaired) electrons. The number of hydrogen-bond donors (Lipinski definition) is 1. The highest BCUT2D eigenvalue weighted by atomic mass is 35.5. The Morgan fingerprint density at radius 2 is 1.81 bits per heavy atom. The first kappa shape index (κ1) is 19.9. The summed E-state index contributed by atoms with van der Waals surface area (Å²) in [5.41, 5.74) is 8.06. The molecule has 21 heavy (non-hydrogen) atoms. The molecule has 1 aromatic rings. The predicted octanol–water partition coefficient (Wildman–Crippen LogP) is 3.51. The lowest BCUT2D eigenvalue weighted by atomic mass is 10.0. The summed E-state index contributed by atoms with van der Waals surface area (Å²) < 4.78 is 0. The number of benzene rings is 1. The summed E-state index contributed by atoms with van der Waals surface area (Å²) in [6, 6.07) is 8.09. The lowest BCUT2D eigenvalue weighted by Gasteiger charge is -2.21. The van der Waals surface area contributed by atoms with E-state index in [9.17, 15) is 4.79 Å². The van der Waals surface area contributed by atoms with Gasteiger partial charge in [-0.05, 0) is 36.5 Å². The van der Waals surface area contributed by atoms with Gasteiger partial charge in [-0.1, -0.05) is 39.3 Å². The molecule has 3 nitrogen and oxygen atoms in total. The third kappa shape index (κ3) is 6.49. The van der Waals surface area contributed by atoms with Crippen molar-refractivity contribution < 1.29 is 4.79 Å². The van der Waals surface area contributed by atoms with Crippen molar-refractivity contribution in [1.82, 2.24) is 4.90 Å². The van der Waals surface area contributed by atoms with Crippen LogP contribution in [0.3, 0.4) is 0 Å². The molecule has 0 saturated heterocycles. The van der Waals surface area contributed by atoms with Crippen molar-refractivity contribution in [3.05, 3.63) is 35.4 Å². The van der Waals surface area contributed by atoms with Crippen LogP contribution in [0.25, 0.3) is 0 Å². The van der Waals surface area contributed by atoms with Crippen LogP contribution in [0, 0.1) is 5.92 Å². The molecule has 0 bridgehead atoms. The monoisotopic (exact) mass is 312 g/mol. The number of halogens is 1. The van der Waals surface area contributed by atoms with Gasteiger partial charge in [-0.3, -0.25) is 4.79 Å². The second-order valence-electron chi connectivity index (χ2n) is 5.87. The highest BCUT2D eigenvalue weighted by Crippen LogP contribution is 2.10. The number of aryl methyl sites for hydroxylation is 1. The number of carbonyl (C=O) groups excluding carboxylic acids is 1. The zero-order chi connectivity index (χ0) is 15.1. The van der Waals surface area contributed by atoms with E-state index in [4.69, 9.17) is 5.73 Å². The average Bonchev–Trinajstić information content (AvgIpc) is 2.44. The van der Waals surface area contributed by atoms with Gasteiger partial charge in [-0.25, -0.2) is 0 Å². The van der Waals surface area contributed by atoms with E-state index >= 15 is 0 Å². The Kier molecular flexibility index (Phi) is 9.31. The molecular formula is C17H29ClN2O. The van der Waals surface area contributed by atoms with Gasteiger partial charge < -0.3 is 10.6 Å². The fourth-order valence-corrected chi connectivity index (χ4v) is 2.10. The molecule has 2 N–H and O–H groups in total. The summed E-state index contributed by atoms with van der Waals surface area (Å²) in [5, 5.41) is 0. The Morgan fingerprint density at radius 3 is 2.29 bits per heavy atom. The van der Waals surface area contributed by atoms with Crippen molar-refractivity contribution in [3.8, 4) is 0 Å². The molecule has 0 saturated carbocycles. The Hall–Kier alpha value is -1.06. The molecule has 1 amide bonds. The minimum atomic E-state index is 0. The van der Waals surface area contributed by atoms with E-state index < -0.39 is 0 Å². The summed E-state index contributed by atoms with van der Waals surface area (Å²) in [7, 11) is 1.84. The number of amides is 1. The van der Waals surface area contributed by atoms with E-state index in [2.05, 4.69) is 20.8 Å². The number of hydrogen-bond acceptors (Lipinski definition) is 2. The highest BCUT2D eigenvalue weighted by Gasteiger charge is 2.14. The molecule has 0 heterocycles. The van der Waals surface area contributed by atoms with Gasteiger partial charge in [0.05, 0.1) is 0 Å². The Bertz CT molecular complexity index is 417. The van der Waals surface area contributed by atoms with Crippen LogP contribution in [-0.4, -0.2) is 30.4 Å². The molecule has 4 heteroatoms. The van der Waals surface area contributed by atoms with Crippen LogP contribution in [0.5, 0.6) is 0 Å². The van der Waals surface area contributed by atoms with Crippen molar-refractivity contribution >= 4 is 18.3 Å². The molecule has 0 spiro atoms. The van der Waals surface area contributed by atoms with Gasteiger partial charge in [0.15, 0.2) is 0 Å². The number of nitrogens with zero attached hydrogens (tertiary/aromatic N) is 1. The molecule has 0 aromatic heterocycles. The molecule has 1 aromatic carbocycles. The first-order valence-corrected chi connectivity index (χ1v) is 7.55. The standard InChI is InChI=1S/C17H28N2O.ClH/c1-5-6-14-7-9-15(10-8-14)17(20)19(4)12-11-16(18)13(2)3;/h7-10,13,16H,5-6,11-12,18H2,1-4H3;1H. The van der Waals surface area contributed by atoms with Crippen LogP contribution < -0.4 is 5.73 Å². The van der Waals surface area contributed by atoms with Gasteiger partial charge in [0.25, 0.3) is 5.91 Å². The van der Waals surface area contributed by atoms with E-state index in [1.807, 2.05) is 31.3 Å². The predicted molar refractivity (Wildman–Crippen MR) is 92.1 cm³/mol. The average molecular weight is 313 g/mol. The second kappa shape index (κ2) is 9.80. The van der Waals surface area contributed by atoms with Crippen LogP contribution in [0.2, 0.25) is 0 Å². The molecular weight excluding hydrogens is 284 g/mol. The summed E-state index contributed by atoms with van der Waals surface area (Å²) in [6.45, 7) is 7.08. The SMILES string of the molecule is CCCc1ccc(C(=O)N(C)CCC(N)C(C)C)cc1.Cl. The highest BCUT2D eigenvalue weighted by molar-refractivity contribution is 5.94. The van der Waals surface area contributed by atoms with Gasteiger partial charge in [0.1, 0.15) is 0 Å². The van der Waals surface area contributed by atoms with Crippen LogP contribution in [0.1, 0.15) is 49.5 Å². The third-order valence-electron chi connectivity index (χ3n) is 3.74. The first-order valence-electron chi connectivity index (χ1n) is 7.55. The van der Waals surface area contributed by atoms with E-state index in [0.717, 1.165) is 24.8 Å². The fraction of sp³-hybridized carbons (Fsp3) is 0.588. The van der Waals surface area contributed by atoms with Gasteiger partial charge in [0.2, 0.25) is 0 Å². The number of nitrogens with two attached hydrogens (primary N) is 1. The maximum absolute atomic E-state index is 12.3. The first-order chi connectivity index (χ1) is 9.45. The molecule has 0 aliphatic rings. The van der Waals surface area contributed by atoms with Gasteiger partial charge in [0, 0.05) is 25.2 Å². The van der Waals surface area contributed by atoms with Crippen LogP contribution in [-0.2, 0) is 6.42 Å². The Labute approximate surface area is 135 Å². The zero-order valence-electron chi connectivity index (χ0n) is 13.6. The topological polar surface area (TPSA) is 46.3 Å². The molecule has 1 unspecified atom stereocenters. The smallest absolute Gasteiger partial charge is 0.253 e. The van der Waals surface area contributed by atoms with Crippen molar-refractivity contribution in [3.63, 3.8) is 0 Å². The van der Waals surface area contributed by atoms with Crippen LogP contribution in [0.15, 0.2) is 24.3 Å². The largest absolute Gasteiger partial charge is 0.342 e. The molecule has 0 fully saturated rings. The Balaban J connectivity index is 0.00000400. The molecule has 1 atom stereocenters. The normalized spacial score (nSPS) is 11.9. The minimum Gasteiger partial charge on any atom is -0.342 e. The summed E-state index contributed by atoms with van der Waals surface area (Å²) in [4.78, 5) is 14.0. The zero-order valence-corrected chi connectivity index (χ0v) is 14.5. The van der Waals surface area contributed by atoms with Crippen molar-refractivity contribution in [2.45, 2.75) is 46.1 Å². The summed E-state index contributed by atoms with van der Waals surface area (Å²) in [6.07, 6.45) is 3.03. The number of carbonyl (C=O) groups is 1. The van der Waals surface area contributed by atoms with Crippen molar-refractivity contribution in [2.24, 2.45) is 11.7 Å². The maximum atomic E-state index is 12.3. The molecule has 1 rings (SSSR count). The van der Waals surface area contributed by atoms with Crippen LogP contribution >= 0.6 is 12.4 Å². The minimum absolute atomic E-state index is 0. The lowest BCUT2D eigenvalue weighted by Crippen LogP contribution is -2.34. The van der Waals surface area contributed by atoms with E-state index in [-0.39, 0.29) is 24.4 Å². The molecule has 0 aliphatic carbocycles. The third-order valence-corrected chi connectivity index (χ3v) is 3.74. The summed E-state index contributed by atoms with van der Waals surface area (Å²) >= 11 is 0.